The molecule has 3 aromatic rings. The molecule has 0 spiro atoms. The van der Waals surface area contributed by atoms with Crippen molar-refractivity contribution in [1.82, 2.24) is 20.2 Å². The Morgan fingerprint density at radius 1 is 1.24 bits per heavy atom. The summed E-state index contributed by atoms with van der Waals surface area (Å²) in [7, 11) is 0. The molecule has 0 saturated heterocycles. The summed E-state index contributed by atoms with van der Waals surface area (Å²) in [5.41, 5.74) is 1.02. The average Bonchev–Trinajstić information content (AvgIpc) is 3.21. The molecule has 0 unspecified atom stereocenters. The van der Waals surface area contributed by atoms with E-state index in [1.54, 1.807) is 10.9 Å². The lowest BCUT2D eigenvalue weighted by molar-refractivity contribution is 0.297. The maximum atomic E-state index is 6.33. The molecule has 1 aliphatic heterocycles. The van der Waals surface area contributed by atoms with E-state index in [0.29, 0.717) is 47.2 Å². The number of tetrazole rings is 1. The van der Waals surface area contributed by atoms with E-state index in [-0.39, 0.29) is 0 Å². The molecule has 25 heavy (non-hydrogen) atoms. The molecule has 9 heteroatoms. The molecule has 0 bridgehead atoms. The van der Waals surface area contributed by atoms with Crippen molar-refractivity contribution in [2.75, 3.05) is 13.2 Å². The van der Waals surface area contributed by atoms with Gasteiger partial charge in [-0.15, -0.1) is 5.10 Å². The highest BCUT2D eigenvalue weighted by molar-refractivity contribution is 7.98. The fourth-order valence-corrected chi connectivity index (χ4v) is 3.56. The minimum atomic E-state index is 0.490. The smallest absolute Gasteiger partial charge is 0.210 e. The van der Waals surface area contributed by atoms with Gasteiger partial charge in [-0.1, -0.05) is 23.4 Å². The molecule has 3 heterocycles. The Balaban J connectivity index is 1.48. The van der Waals surface area contributed by atoms with Gasteiger partial charge in [-0.2, -0.15) is 0 Å². The first-order chi connectivity index (χ1) is 12.3. The van der Waals surface area contributed by atoms with Crippen LogP contribution >= 0.6 is 23.4 Å². The first-order valence-corrected chi connectivity index (χ1v) is 9.15. The number of rotatable bonds is 5. The molecular formula is C16H15ClN4O3S. The number of benzene rings is 1. The zero-order chi connectivity index (χ0) is 17.1. The molecule has 0 amide bonds. The number of ether oxygens (including phenoxy) is 2. The Morgan fingerprint density at radius 3 is 3.04 bits per heavy atom. The normalized spacial score (nSPS) is 13.6. The van der Waals surface area contributed by atoms with Crippen LogP contribution in [-0.4, -0.2) is 33.4 Å². The number of furan rings is 1. The van der Waals surface area contributed by atoms with Crippen LogP contribution in [0.3, 0.4) is 0 Å². The summed E-state index contributed by atoms with van der Waals surface area (Å²) in [5, 5.41) is 13.1. The fourth-order valence-electron chi connectivity index (χ4n) is 2.46. The molecule has 0 atom stereocenters. The van der Waals surface area contributed by atoms with Gasteiger partial charge < -0.3 is 13.9 Å². The van der Waals surface area contributed by atoms with Gasteiger partial charge in [-0.25, -0.2) is 4.68 Å². The Bertz CT molecular complexity index is 853. The summed E-state index contributed by atoms with van der Waals surface area (Å²) in [5.74, 6) is 2.77. The van der Waals surface area contributed by atoms with E-state index >= 15 is 0 Å². The molecule has 0 N–H and O–H groups in total. The summed E-state index contributed by atoms with van der Waals surface area (Å²) in [6.45, 7) is 1.73. The third-order valence-corrected chi connectivity index (χ3v) is 4.92. The average molecular weight is 379 g/mol. The Kier molecular flexibility index (Phi) is 4.80. The molecule has 0 fully saturated rings. The third kappa shape index (κ3) is 3.74. The largest absolute Gasteiger partial charge is 0.489 e. The molecule has 7 nitrogen and oxygen atoms in total. The molecule has 0 radical (unpaired) electrons. The van der Waals surface area contributed by atoms with Crippen LogP contribution < -0.4 is 9.47 Å². The summed E-state index contributed by atoms with van der Waals surface area (Å²) in [6.07, 6.45) is 2.48. The van der Waals surface area contributed by atoms with E-state index < -0.39 is 0 Å². The van der Waals surface area contributed by atoms with Crippen molar-refractivity contribution in [3.8, 4) is 11.5 Å². The minimum Gasteiger partial charge on any atom is -0.489 e. The van der Waals surface area contributed by atoms with Crippen LogP contribution in [0.5, 0.6) is 11.5 Å². The van der Waals surface area contributed by atoms with E-state index in [1.165, 1.54) is 11.8 Å². The Labute approximate surface area is 153 Å². The second-order valence-corrected chi connectivity index (χ2v) is 6.79. The quantitative estimate of drug-likeness (QED) is 0.629. The number of thioether (sulfide) groups is 1. The lowest BCUT2D eigenvalue weighted by Gasteiger charge is -2.11. The van der Waals surface area contributed by atoms with Gasteiger partial charge in [0.05, 0.1) is 24.5 Å². The molecule has 4 rings (SSSR count). The first-order valence-electron chi connectivity index (χ1n) is 7.79. The van der Waals surface area contributed by atoms with Crippen LogP contribution in [0.2, 0.25) is 5.02 Å². The highest BCUT2D eigenvalue weighted by Gasteiger charge is 2.16. The van der Waals surface area contributed by atoms with Crippen molar-refractivity contribution in [2.24, 2.45) is 0 Å². The molecule has 0 aliphatic carbocycles. The molecule has 0 saturated carbocycles. The van der Waals surface area contributed by atoms with Gasteiger partial charge in [-0.05, 0) is 40.3 Å². The highest BCUT2D eigenvalue weighted by Crippen LogP contribution is 2.39. The Hall–Kier alpha value is -2.19. The summed E-state index contributed by atoms with van der Waals surface area (Å²) < 4.78 is 18.4. The maximum absolute atomic E-state index is 6.33. The summed E-state index contributed by atoms with van der Waals surface area (Å²) in [4.78, 5) is 0. The van der Waals surface area contributed by atoms with Crippen molar-refractivity contribution < 1.29 is 13.9 Å². The van der Waals surface area contributed by atoms with E-state index in [1.807, 2.05) is 24.3 Å². The van der Waals surface area contributed by atoms with Crippen LogP contribution in [0, 0.1) is 0 Å². The van der Waals surface area contributed by atoms with Gasteiger partial charge in [0.15, 0.2) is 11.5 Å². The number of nitrogens with zero attached hydrogens (tertiary/aromatic N) is 4. The number of aromatic nitrogens is 4. The van der Waals surface area contributed by atoms with Crippen molar-refractivity contribution in [2.45, 2.75) is 23.9 Å². The lowest BCUT2D eigenvalue weighted by atomic mass is 10.2. The monoisotopic (exact) mass is 378 g/mol. The Morgan fingerprint density at radius 2 is 2.16 bits per heavy atom. The van der Waals surface area contributed by atoms with Crippen LogP contribution in [0.25, 0.3) is 0 Å². The van der Waals surface area contributed by atoms with Crippen molar-refractivity contribution >= 4 is 23.4 Å². The van der Waals surface area contributed by atoms with E-state index in [2.05, 4.69) is 15.5 Å². The van der Waals surface area contributed by atoms with Crippen molar-refractivity contribution in [3.05, 3.63) is 46.9 Å². The van der Waals surface area contributed by atoms with Crippen molar-refractivity contribution in [3.63, 3.8) is 0 Å². The predicted octanol–water partition coefficient (Wildman–Crippen LogP) is 3.42. The molecule has 1 aliphatic rings. The van der Waals surface area contributed by atoms with Crippen LogP contribution in [0.15, 0.2) is 40.1 Å². The first kappa shape index (κ1) is 16.3. The number of fused-ring (bicyclic) bond motifs is 1. The van der Waals surface area contributed by atoms with Crippen LogP contribution in [0.4, 0.5) is 0 Å². The maximum Gasteiger partial charge on any atom is 0.210 e. The molecule has 130 valence electrons. The predicted molar refractivity (Wildman–Crippen MR) is 92.2 cm³/mol. The SMILES string of the molecule is Clc1cc(CSc2nnnn2Cc2ccco2)cc2c1OCCCO2. The van der Waals surface area contributed by atoms with Crippen LogP contribution in [0.1, 0.15) is 17.7 Å². The zero-order valence-electron chi connectivity index (χ0n) is 13.2. The van der Waals surface area contributed by atoms with Gasteiger partial charge >= 0.3 is 0 Å². The molecule has 2 aromatic heterocycles. The van der Waals surface area contributed by atoms with Gasteiger partial charge in [0.25, 0.3) is 0 Å². The molecular weight excluding hydrogens is 364 g/mol. The molecule has 1 aromatic carbocycles. The van der Waals surface area contributed by atoms with Crippen LogP contribution in [-0.2, 0) is 12.3 Å². The summed E-state index contributed by atoms with van der Waals surface area (Å²) in [6, 6.07) is 7.58. The van der Waals surface area contributed by atoms with Crippen molar-refractivity contribution in [1.29, 1.82) is 0 Å². The van der Waals surface area contributed by atoms with Gasteiger partial charge in [-0.3, -0.25) is 0 Å². The lowest BCUT2D eigenvalue weighted by Crippen LogP contribution is -2.03. The number of hydrogen-bond donors (Lipinski definition) is 0. The summed E-state index contributed by atoms with van der Waals surface area (Å²) >= 11 is 7.86. The minimum absolute atomic E-state index is 0.490. The zero-order valence-corrected chi connectivity index (χ0v) is 14.8. The van der Waals surface area contributed by atoms with E-state index in [4.69, 9.17) is 25.5 Å². The third-order valence-electron chi connectivity index (χ3n) is 3.61. The standard InChI is InChI=1S/C16H15ClN4O3S/c17-13-7-11(8-14-15(13)24-6-2-5-23-14)10-25-16-18-19-20-21(16)9-12-3-1-4-22-12/h1,3-4,7-8H,2,5-6,9-10H2. The second kappa shape index (κ2) is 7.37. The fraction of sp³-hybridized carbons (Fsp3) is 0.312. The number of halogens is 1. The van der Waals surface area contributed by atoms with Gasteiger partial charge in [0.2, 0.25) is 5.16 Å². The number of hydrogen-bond acceptors (Lipinski definition) is 7. The van der Waals surface area contributed by atoms with E-state index in [9.17, 15) is 0 Å². The van der Waals surface area contributed by atoms with Gasteiger partial charge in [0.1, 0.15) is 12.3 Å². The van der Waals surface area contributed by atoms with E-state index in [0.717, 1.165) is 17.7 Å². The highest BCUT2D eigenvalue weighted by atomic mass is 35.5. The van der Waals surface area contributed by atoms with Gasteiger partial charge in [0, 0.05) is 12.2 Å². The topological polar surface area (TPSA) is 75.2 Å². The second-order valence-electron chi connectivity index (χ2n) is 5.44.